The largest absolute Gasteiger partial charge is 0.462 e. The topological polar surface area (TPSA) is 38.1 Å². The molecule has 0 bridgehead atoms. The van der Waals surface area contributed by atoms with Crippen molar-refractivity contribution in [3.63, 3.8) is 0 Å². The molecule has 0 aliphatic carbocycles. The first kappa shape index (κ1) is 13.3. The lowest BCUT2D eigenvalue weighted by Crippen LogP contribution is -2.14. The lowest BCUT2D eigenvalue weighted by molar-refractivity contribution is 0.581. The Labute approximate surface area is 112 Å². The molecule has 0 atom stereocenters. The summed E-state index contributed by atoms with van der Waals surface area (Å²) in [5, 5.41) is 4.47. The smallest absolute Gasteiger partial charge is 0.162 e. The van der Waals surface area contributed by atoms with Gasteiger partial charge in [0.1, 0.15) is 0 Å². The minimum atomic E-state index is 0.870. The van der Waals surface area contributed by atoms with Gasteiger partial charge in [0.05, 0.1) is 12.0 Å². The second-order valence-corrected chi connectivity index (χ2v) is 5.33. The number of aromatic nitrogens is 1. The van der Waals surface area contributed by atoms with E-state index < -0.39 is 0 Å². The van der Waals surface area contributed by atoms with E-state index in [0.29, 0.717) is 0 Å². The van der Waals surface area contributed by atoms with Gasteiger partial charge >= 0.3 is 0 Å². The lowest BCUT2D eigenvalue weighted by atomic mass is 10.3. The highest BCUT2D eigenvalue weighted by Gasteiger charge is 2.12. The Morgan fingerprint density at radius 1 is 1.39 bits per heavy atom. The second-order valence-electron chi connectivity index (χ2n) is 4.25. The van der Waals surface area contributed by atoms with Gasteiger partial charge in [0.25, 0.3) is 0 Å². The van der Waals surface area contributed by atoms with E-state index >= 15 is 0 Å². The summed E-state index contributed by atoms with van der Waals surface area (Å²) in [6, 6.07) is 3.87. The Morgan fingerprint density at radius 3 is 2.94 bits per heavy atom. The van der Waals surface area contributed by atoms with E-state index in [1.807, 2.05) is 12.1 Å². The average Bonchev–Trinajstić information content (AvgIpc) is 3.03. The molecule has 4 heteroatoms. The summed E-state index contributed by atoms with van der Waals surface area (Å²) in [6.45, 7) is 6.35. The van der Waals surface area contributed by atoms with Crippen molar-refractivity contribution >= 4 is 11.3 Å². The van der Waals surface area contributed by atoms with Gasteiger partial charge in [-0.15, -0.1) is 11.3 Å². The van der Waals surface area contributed by atoms with E-state index in [1.54, 1.807) is 17.6 Å². The summed E-state index contributed by atoms with van der Waals surface area (Å²) in [5.41, 5.74) is 1.19. The fourth-order valence-corrected chi connectivity index (χ4v) is 2.90. The van der Waals surface area contributed by atoms with Gasteiger partial charge < -0.3 is 9.73 Å². The molecule has 0 aliphatic heterocycles. The number of rotatable bonds is 7. The van der Waals surface area contributed by atoms with Crippen molar-refractivity contribution in [2.45, 2.75) is 39.7 Å². The first-order chi connectivity index (χ1) is 8.85. The third-order valence-electron chi connectivity index (χ3n) is 2.84. The summed E-state index contributed by atoms with van der Waals surface area (Å²) in [5.74, 6) is 0.870. The molecule has 2 aromatic heterocycles. The van der Waals surface area contributed by atoms with E-state index in [0.717, 1.165) is 30.3 Å². The number of furan rings is 1. The average molecular weight is 264 g/mol. The van der Waals surface area contributed by atoms with Crippen molar-refractivity contribution in [2.24, 2.45) is 0 Å². The van der Waals surface area contributed by atoms with Crippen LogP contribution in [0.2, 0.25) is 0 Å². The molecule has 0 radical (unpaired) electrons. The van der Waals surface area contributed by atoms with Gasteiger partial charge in [-0.25, -0.2) is 4.98 Å². The zero-order valence-electron chi connectivity index (χ0n) is 11.0. The lowest BCUT2D eigenvalue weighted by Gasteiger charge is -2.02. The maximum atomic E-state index is 5.40. The minimum Gasteiger partial charge on any atom is -0.462 e. The number of nitrogens with one attached hydrogen (secondary N) is 1. The third kappa shape index (κ3) is 3.21. The minimum absolute atomic E-state index is 0.870. The van der Waals surface area contributed by atoms with Crippen LogP contribution in [0.4, 0.5) is 0 Å². The van der Waals surface area contributed by atoms with Crippen LogP contribution in [0.5, 0.6) is 0 Å². The number of nitrogens with zero attached hydrogens (tertiary/aromatic N) is 1. The van der Waals surface area contributed by atoms with Gasteiger partial charge in [-0.3, -0.25) is 0 Å². The summed E-state index contributed by atoms with van der Waals surface area (Å²) in [7, 11) is 0. The number of aryl methyl sites for hydroxylation is 1. The summed E-state index contributed by atoms with van der Waals surface area (Å²) >= 11 is 1.73. The molecule has 2 aromatic rings. The van der Waals surface area contributed by atoms with Crippen molar-refractivity contribution < 1.29 is 4.42 Å². The molecule has 2 heterocycles. The highest BCUT2D eigenvalue weighted by molar-refractivity contribution is 7.15. The molecule has 0 fully saturated rings. The molecule has 3 nitrogen and oxygen atoms in total. The van der Waals surface area contributed by atoms with Crippen molar-refractivity contribution in [3.05, 3.63) is 29.0 Å². The molecule has 0 aliphatic rings. The van der Waals surface area contributed by atoms with Crippen molar-refractivity contribution in [2.75, 3.05) is 6.54 Å². The predicted octanol–water partition coefficient (Wildman–Crippen LogP) is 3.86. The van der Waals surface area contributed by atoms with Crippen molar-refractivity contribution in [1.82, 2.24) is 10.3 Å². The second kappa shape index (κ2) is 6.71. The fourth-order valence-electron chi connectivity index (χ4n) is 1.81. The van der Waals surface area contributed by atoms with Crippen LogP contribution in [-0.4, -0.2) is 11.5 Å². The monoisotopic (exact) mass is 264 g/mol. The van der Waals surface area contributed by atoms with Gasteiger partial charge in [-0.05, 0) is 31.5 Å². The van der Waals surface area contributed by atoms with Gasteiger partial charge in [0, 0.05) is 11.4 Å². The molecule has 18 heavy (non-hydrogen) atoms. The van der Waals surface area contributed by atoms with E-state index in [4.69, 9.17) is 4.42 Å². The van der Waals surface area contributed by atoms with Gasteiger partial charge in [0.15, 0.2) is 10.8 Å². The van der Waals surface area contributed by atoms with Crippen LogP contribution in [0.15, 0.2) is 22.8 Å². The molecular formula is C14H20N2OS. The summed E-state index contributed by atoms with van der Waals surface area (Å²) < 4.78 is 5.40. The molecule has 2 rings (SSSR count). The maximum absolute atomic E-state index is 5.40. The molecule has 98 valence electrons. The molecule has 0 saturated carbocycles. The molecule has 0 spiro atoms. The number of hydrogen-bond donors (Lipinski definition) is 1. The fraction of sp³-hybridized carbons (Fsp3) is 0.500. The van der Waals surface area contributed by atoms with Crippen molar-refractivity contribution in [3.8, 4) is 10.8 Å². The Bertz CT molecular complexity index is 462. The Balaban J connectivity index is 2.05. The molecule has 0 saturated heterocycles. The van der Waals surface area contributed by atoms with Crippen LogP contribution in [0.1, 0.15) is 37.3 Å². The van der Waals surface area contributed by atoms with Crippen LogP contribution in [0.25, 0.3) is 10.8 Å². The SMILES string of the molecule is CCCCNCc1sc(-c2ccco2)nc1CC. The van der Waals surface area contributed by atoms with Crippen LogP contribution in [0, 0.1) is 0 Å². The van der Waals surface area contributed by atoms with Crippen LogP contribution < -0.4 is 5.32 Å². The highest BCUT2D eigenvalue weighted by atomic mass is 32.1. The molecule has 0 unspecified atom stereocenters. The predicted molar refractivity (Wildman–Crippen MR) is 75.8 cm³/mol. The summed E-state index contributed by atoms with van der Waals surface area (Å²) in [6.07, 6.45) is 5.13. The van der Waals surface area contributed by atoms with E-state index in [1.165, 1.54) is 23.4 Å². The van der Waals surface area contributed by atoms with Gasteiger partial charge in [-0.1, -0.05) is 20.3 Å². The van der Waals surface area contributed by atoms with Gasteiger partial charge in [0.2, 0.25) is 0 Å². The Morgan fingerprint density at radius 2 is 2.28 bits per heavy atom. The Kier molecular flexibility index (Phi) is 4.96. The molecular weight excluding hydrogens is 244 g/mol. The number of hydrogen-bond acceptors (Lipinski definition) is 4. The van der Waals surface area contributed by atoms with Crippen LogP contribution in [-0.2, 0) is 13.0 Å². The number of thiazole rings is 1. The van der Waals surface area contributed by atoms with Crippen LogP contribution >= 0.6 is 11.3 Å². The van der Waals surface area contributed by atoms with E-state index in [-0.39, 0.29) is 0 Å². The zero-order valence-corrected chi connectivity index (χ0v) is 11.8. The van der Waals surface area contributed by atoms with Crippen LogP contribution in [0.3, 0.4) is 0 Å². The standard InChI is InChI=1S/C14H20N2OS/c1-3-5-8-15-10-13-11(4-2)16-14(18-13)12-7-6-9-17-12/h6-7,9,15H,3-5,8,10H2,1-2H3. The molecule has 0 amide bonds. The normalized spacial score (nSPS) is 11.0. The molecule has 0 aromatic carbocycles. The van der Waals surface area contributed by atoms with E-state index in [2.05, 4.69) is 24.1 Å². The first-order valence-electron chi connectivity index (χ1n) is 6.58. The van der Waals surface area contributed by atoms with Crippen molar-refractivity contribution in [1.29, 1.82) is 0 Å². The number of unbranched alkanes of at least 4 members (excludes halogenated alkanes) is 1. The Hall–Kier alpha value is -1.13. The molecule has 1 N–H and O–H groups in total. The quantitative estimate of drug-likeness (QED) is 0.772. The van der Waals surface area contributed by atoms with Gasteiger partial charge in [-0.2, -0.15) is 0 Å². The highest BCUT2D eigenvalue weighted by Crippen LogP contribution is 2.28. The maximum Gasteiger partial charge on any atom is 0.162 e. The zero-order chi connectivity index (χ0) is 12.8. The third-order valence-corrected chi connectivity index (χ3v) is 3.95. The van der Waals surface area contributed by atoms with E-state index in [9.17, 15) is 0 Å². The first-order valence-corrected chi connectivity index (χ1v) is 7.40. The summed E-state index contributed by atoms with van der Waals surface area (Å²) in [4.78, 5) is 5.99.